The maximum atomic E-state index is 9.79. The quantitative estimate of drug-likeness (QED) is 0.665. The van der Waals surface area contributed by atoms with Crippen molar-refractivity contribution in [1.29, 1.82) is 0 Å². The van der Waals surface area contributed by atoms with Gasteiger partial charge in [0.25, 0.3) is 0 Å². The average molecular weight is 199 g/mol. The zero-order chi connectivity index (χ0) is 10.7. The molecule has 0 aromatic carbocycles. The maximum absolute atomic E-state index is 9.79. The summed E-state index contributed by atoms with van der Waals surface area (Å²) >= 11 is 0. The van der Waals surface area contributed by atoms with Gasteiger partial charge in [0.05, 0.1) is 12.1 Å². The fourth-order valence-corrected chi connectivity index (χ4v) is 1.86. The second-order valence-electron chi connectivity index (χ2n) is 4.33. The molecule has 0 aliphatic carbocycles. The van der Waals surface area contributed by atoms with E-state index >= 15 is 0 Å². The van der Waals surface area contributed by atoms with E-state index in [9.17, 15) is 10.2 Å². The number of rotatable bonds is 2. The number of likely N-dealkylation sites (tertiary alicyclic amines) is 1. The summed E-state index contributed by atoms with van der Waals surface area (Å²) in [5.74, 6) is 0.474. The lowest BCUT2D eigenvalue weighted by atomic mass is 10.0. The second kappa shape index (κ2) is 4.80. The van der Waals surface area contributed by atoms with Crippen molar-refractivity contribution in [3.05, 3.63) is 11.3 Å². The second-order valence-corrected chi connectivity index (χ2v) is 4.33. The summed E-state index contributed by atoms with van der Waals surface area (Å²) in [6.07, 6.45) is 1.49. The van der Waals surface area contributed by atoms with Gasteiger partial charge in [0.1, 0.15) is 5.76 Å². The molecule has 0 spiro atoms. The number of hydrogen-bond acceptors (Lipinski definition) is 3. The molecule has 0 saturated carbocycles. The lowest BCUT2D eigenvalue weighted by Crippen LogP contribution is -2.42. The van der Waals surface area contributed by atoms with E-state index < -0.39 is 0 Å². The topological polar surface area (TPSA) is 43.7 Å². The number of nitrogens with zero attached hydrogens (tertiary/aromatic N) is 1. The summed E-state index contributed by atoms with van der Waals surface area (Å²) in [5.41, 5.74) is 0.976. The molecule has 1 rings (SSSR count). The third-order valence-corrected chi connectivity index (χ3v) is 2.95. The zero-order valence-electron chi connectivity index (χ0n) is 9.32. The summed E-state index contributed by atoms with van der Waals surface area (Å²) in [6, 6.07) is 0.0903. The van der Waals surface area contributed by atoms with E-state index in [0.29, 0.717) is 5.76 Å². The van der Waals surface area contributed by atoms with Gasteiger partial charge in [-0.3, -0.25) is 4.90 Å². The number of aliphatic hydroxyl groups excluding tert-OH is 2. The van der Waals surface area contributed by atoms with Gasteiger partial charge >= 0.3 is 0 Å². The molecule has 1 aliphatic rings. The fourth-order valence-electron chi connectivity index (χ4n) is 1.86. The standard InChI is InChI=1S/C11H21NO2/c1-8(2)11(14)9(3)12-6-4-10(13)5-7-12/h9-10,13-14H,4-7H2,1-3H3/t9-/m1/s1. The predicted octanol–water partition coefficient (Wildman–Crippen LogP) is 1.68. The average Bonchev–Trinajstić information content (AvgIpc) is 2.16. The van der Waals surface area contributed by atoms with Crippen LogP contribution in [0.1, 0.15) is 33.6 Å². The lowest BCUT2D eigenvalue weighted by Gasteiger charge is -2.34. The molecule has 0 unspecified atom stereocenters. The Hall–Kier alpha value is -0.540. The Balaban J connectivity index is 2.54. The highest BCUT2D eigenvalue weighted by atomic mass is 16.3. The van der Waals surface area contributed by atoms with Gasteiger partial charge in [0.15, 0.2) is 0 Å². The molecule has 0 amide bonds. The molecule has 1 saturated heterocycles. The van der Waals surface area contributed by atoms with Gasteiger partial charge in [-0.15, -0.1) is 0 Å². The Kier molecular flexibility index (Phi) is 3.96. The van der Waals surface area contributed by atoms with Crippen molar-refractivity contribution in [3.63, 3.8) is 0 Å². The molecule has 0 aromatic rings. The van der Waals surface area contributed by atoms with Crippen LogP contribution in [-0.4, -0.2) is 40.3 Å². The minimum atomic E-state index is -0.146. The molecule has 2 N–H and O–H groups in total. The largest absolute Gasteiger partial charge is 0.511 e. The third kappa shape index (κ3) is 2.72. The van der Waals surface area contributed by atoms with E-state index in [1.54, 1.807) is 0 Å². The summed E-state index contributed by atoms with van der Waals surface area (Å²) in [4.78, 5) is 2.22. The van der Waals surface area contributed by atoms with Crippen molar-refractivity contribution >= 4 is 0 Å². The lowest BCUT2D eigenvalue weighted by molar-refractivity contribution is 0.0625. The highest BCUT2D eigenvalue weighted by Crippen LogP contribution is 2.17. The molecule has 3 heteroatoms. The van der Waals surface area contributed by atoms with Crippen LogP contribution in [0.3, 0.4) is 0 Å². The van der Waals surface area contributed by atoms with Crippen LogP contribution in [-0.2, 0) is 0 Å². The van der Waals surface area contributed by atoms with Crippen LogP contribution < -0.4 is 0 Å². The molecule has 0 radical (unpaired) electrons. The van der Waals surface area contributed by atoms with Crippen LogP contribution in [0.25, 0.3) is 0 Å². The zero-order valence-corrected chi connectivity index (χ0v) is 9.32. The molecular formula is C11H21NO2. The molecule has 0 aromatic heterocycles. The summed E-state index contributed by atoms with van der Waals surface area (Å²) in [5, 5.41) is 19.1. The molecular weight excluding hydrogens is 178 g/mol. The first-order chi connectivity index (χ1) is 6.52. The molecule has 3 nitrogen and oxygen atoms in total. The number of aliphatic hydroxyl groups is 2. The van der Waals surface area contributed by atoms with Crippen molar-refractivity contribution in [3.8, 4) is 0 Å². The van der Waals surface area contributed by atoms with Crippen molar-refractivity contribution in [2.24, 2.45) is 0 Å². The Morgan fingerprint density at radius 3 is 2.21 bits per heavy atom. The predicted molar refractivity (Wildman–Crippen MR) is 57.3 cm³/mol. The Labute approximate surface area is 86.0 Å². The highest BCUT2D eigenvalue weighted by Gasteiger charge is 2.23. The first-order valence-corrected chi connectivity index (χ1v) is 5.30. The van der Waals surface area contributed by atoms with Crippen molar-refractivity contribution < 1.29 is 10.2 Å². The van der Waals surface area contributed by atoms with Crippen molar-refractivity contribution in [1.82, 2.24) is 4.90 Å². The molecule has 0 bridgehead atoms. The van der Waals surface area contributed by atoms with Crippen LogP contribution in [0, 0.1) is 0 Å². The Morgan fingerprint density at radius 1 is 1.29 bits per heavy atom. The Morgan fingerprint density at radius 2 is 1.79 bits per heavy atom. The smallest absolute Gasteiger partial charge is 0.108 e. The van der Waals surface area contributed by atoms with E-state index in [0.717, 1.165) is 31.5 Å². The Bertz CT molecular complexity index is 213. The van der Waals surface area contributed by atoms with Crippen LogP contribution in [0.5, 0.6) is 0 Å². The van der Waals surface area contributed by atoms with Crippen LogP contribution in [0.4, 0.5) is 0 Å². The maximum Gasteiger partial charge on any atom is 0.108 e. The van der Waals surface area contributed by atoms with Crippen molar-refractivity contribution in [2.75, 3.05) is 13.1 Å². The molecule has 1 atom stereocenters. The van der Waals surface area contributed by atoms with Crippen LogP contribution >= 0.6 is 0 Å². The van der Waals surface area contributed by atoms with E-state index in [1.165, 1.54) is 0 Å². The van der Waals surface area contributed by atoms with Gasteiger partial charge in [-0.1, -0.05) is 0 Å². The molecule has 1 heterocycles. The van der Waals surface area contributed by atoms with Crippen molar-refractivity contribution in [2.45, 2.75) is 45.8 Å². The fraction of sp³-hybridized carbons (Fsp3) is 0.818. The van der Waals surface area contributed by atoms with E-state index in [2.05, 4.69) is 4.90 Å². The van der Waals surface area contributed by atoms with E-state index in [-0.39, 0.29) is 12.1 Å². The van der Waals surface area contributed by atoms with Gasteiger partial charge in [0, 0.05) is 13.1 Å². The molecule has 14 heavy (non-hydrogen) atoms. The molecule has 1 aliphatic heterocycles. The normalized spacial score (nSPS) is 22.0. The van der Waals surface area contributed by atoms with Gasteiger partial charge in [0.2, 0.25) is 0 Å². The summed E-state index contributed by atoms with van der Waals surface area (Å²) in [7, 11) is 0. The minimum absolute atomic E-state index is 0.0903. The number of piperidine rings is 1. The van der Waals surface area contributed by atoms with Crippen LogP contribution in [0.2, 0.25) is 0 Å². The monoisotopic (exact) mass is 199 g/mol. The minimum Gasteiger partial charge on any atom is -0.511 e. The first-order valence-electron chi connectivity index (χ1n) is 5.30. The summed E-state index contributed by atoms with van der Waals surface area (Å²) in [6.45, 7) is 7.61. The van der Waals surface area contributed by atoms with Crippen LogP contribution in [0.15, 0.2) is 11.3 Å². The summed E-state index contributed by atoms with van der Waals surface area (Å²) < 4.78 is 0. The van der Waals surface area contributed by atoms with Gasteiger partial charge in [-0.05, 0) is 39.2 Å². The third-order valence-electron chi connectivity index (χ3n) is 2.95. The number of allylic oxidation sites excluding steroid dienone is 1. The van der Waals surface area contributed by atoms with E-state index in [4.69, 9.17) is 0 Å². The first kappa shape index (κ1) is 11.5. The van der Waals surface area contributed by atoms with Gasteiger partial charge < -0.3 is 10.2 Å². The van der Waals surface area contributed by atoms with Gasteiger partial charge in [-0.2, -0.15) is 0 Å². The highest BCUT2D eigenvalue weighted by molar-refractivity contribution is 5.08. The molecule has 82 valence electrons. The molecule has 1 fully saturated rings. The van der Waals surface area contributed by atoms with Gasteiger partial charge in [-0.25, -0.2) is 0 Å². The van der Waals surface area contributed by atoms with E-state index in [1.807, 2.05) is 20.8 Å². The SMILES string of the molecule is CC(C)=C(O)[C@@H](C)N1CCC(O)CC1. The number of hydrogen-bond donors (Lipinski definition) is 2.